The Morgan fingerprint density at radius 1 is 1.32 bits per heavy atom. The molecule has 0 aliphatic heterocycles. The molecule has 1 aromatic carbocycles. The maximum atomic E-state index is 12.8. The first-order valence-corrected chi connectivity index (χ1v) is 10.9. The molecule has 0 spiro atoms. The molecule has 0 saturated heterocycles. The van der Waals surface area contributed by atoms with Gasteiger partial charge in [-0.2, -0.15) is 0 Å². The first-order valence-electron chi connectivity index (χ1n) is 8.11. The van der Waals surface area contributed by atoms with Crippen molar-refractivity contribution in [3.63, 3.8) is 0 Å². The van der Waals surface area contributed by atoms with Crippen molar-refractivity contribution < 1.29 is 22.5 Å². The van der Waals surface area contributed by atoms with Gasteiger partial charge < -0.3 is 9.26 Å². The molecule has 3 aromatic rings. The van der Waals surface area contributed by atoms with Gasteiger partial charge in [0.15, 0.2) is 5.78 Å². The number of ether oxygens (including phenoxy) is 1. The SMILES string of the molecule is COc1ccc(CC(=O)c2sccc2S(=O)(=O)Nc2onc(C)c2Cl)c(C)c1. The molecule has 0 bridgehead atoms. The fourth-order valence-electron chi connectivity index (χ4n) is 2.56. The molecule has 0 saturated carbocycles. The number of nitrogens with one attached hydrogen (secondary N) is 1. The van der Waals surface area contributed by atoms with Gasteiger partial charge in [-0.25, -0.2) is 13.1 Å². The Balaban J connectivity index is 1.86. The molecule has 0 radical (unpaired) electrons. The molecule has 3 rings (SSSR count). The molecule has 2 aromatic heterocycles. The van der Waals surface area contributed by atoms with Crippen molar-refractivity contribution in [3.8, 4) is 5.75 Å². The summed E-state index contributed by atoms with van der Waals surface area (Å²) >= 11 is 7.03. The molecule has 0 unspecified atom stereocenters. The Bertz CT molecular complexity index is 1130. The number of methoxy groups -OCH3 is 1. The first-order chi connectivity index (χ1) is 13.2. The van der Waals surface area contributed by atoms with Gasteiger partial charge in [0, 0.05) is 6.42 Å². The third-order valence-corrected chi connectivity index (χ3v) is 6.99. The zero-order valence-corrected chi connectivity index (χ0v) is 17.7. The lowest BCUT2D eigenvalue weighted by molar-refractivity contribution is 0.0993. The van der Waals surface area contributed by atoms with E-state index in [0.29, 0.717) is 11.4 Å². The number of rotatable bonds is 7. The van der Waals surface area contributed by atoms with Gasteiger partial charge in [-0.1, -0.05) is 22.8 Å². The van der Waals surface area contributed by atoms with Crippen LogP contribution in [0.25, 0.3) is 0 Å². The number of sulfonamides is 1. The minimum Gasteiger partial charge on any atom is -0.497 e. The fraction of sp³-hybridized carbons (Fsp3) is 0.222. The molecule has 2 heterocycles. The van der Waals surface area contributed by atoms with Gasteiger partial charge in [0.2, 0.25) is 0 Å². The lowest BCUT2D eigenvalue weighted by atomic mass is 10.0. The van der Waals surface area contributed by atoms with Crippen LogP contribution in [0.3, 0.4) is 0 Å². The number of nitrogens with zero attached hydrogens (tertiary/aromatic N) is 1. The van der Waals surface area contributed by atoms with E-state index in [9.17, 15) is 13.2 Å². The number of carbonyl (C=O) groups excluding carboxylic acids is 1. The van der Waals surface area contributed by atoms with E-state index >= 15 is 0 Å². The molecular weight excluding hydrogens is 424 g/mol. The summed E-state index contributed by atoms with van der Waals surface area (Å²) in [6.07, 6.45) is 0.0705. The van der Waals surface area contributed by atoms with Crippen LogP contribution >= 0.6 is 22.9 Å². The Hall–Kier alpha value is -2.36. The number of anilines is 1. The van der Waals surface area contributed by atoms with Crippen molar-refractivity contribution in [1.82, 2.24) is 5.16 Å². The lowest BCUT2D eigenvalue weighted by Gasteiger charge is -2.09. The van der Waals surface area contributed by atoms with E-state index in [1.807, 2.05) is 13.0 Å². The summed E-state index contributed by atoms with van der Waals surface area (Å²) in [5, 5.41) is 5.23. The second-order valence-electron chi connectivity index (χ2n) is 6.02. The highest BCUT2D eigenvalue weighted by molar-refractivity contribution is 7.93. The van der Waals surface area contributed by atoms with Crippen molar-refractivity contribution in [1.29, 1.82) is 0 Å². The fourth-order valence-corrected chi connectivity index (χ4v) is 5.12. The maximum Gasteiger partial charge on any atom is 0.265 e. The van der Waals surface area contributed by atoms with Gasteiger partial charge >= 0.3 is 0 Å². The van der Waals surface area contributed by atoms with Gasteiger partial charge in [-0.15, -0.1) is 11.3 Å². The minimum atomic E-state index is -4.07. The van der Waals surface area contributed by atoms with Crippen LogP contribution in [0.4, 0.5) is 5.88 Å². The van der Waals surface area contributed by atoms with Crippen LogP contribution in [0.15, 0.2) is 39.1 Å². The molecule has 0 amide bonds. The Morgan fingerprint density at radius 3 is 2.68 bits per heavy atom. The quantitative estimate of drug-likeness (QED) is 0.551. The summed E-state index contributed by atoms with van der Waals surface area (Å²) in [6, 6.07) is 6.75. The summed E-state index contributed by atoms with van der Waals surface area (Å²) in [4.78, 5) is 12.8. The minimum absolute atomic E-state index is 0.0699. The number of Topliss-reactive ketones (excluding diaryl/α,β-unsaturated/α-hetero) is 1. The lowest BCUT2D eigenvalue weighted by Crippen LogP contribution is -2.16. The van der Waals surface area contributed by atoms with Crippen LogP contribution in [-0.4, -0.2) is 26.5 Å². The van der Waals surface area contributed by atoms with Crippen LogP contribution in [0.2, 0.25) is 5.02 Å². The first kappa shape index (κ1) is 20.4. The van der Waals surface area contributed by atoms with E-state index in [2.05, 4.69) is 9.88 Å². The Morgan fingerprint density at radius 2 is 2.07 bits per heavy atom. The van der Waals surface area contributed by atoms with E-state index < -0.39 is 10.0 Å². The normalized spacial score (nSPS) is 11.4. The largest absolute Gasteiger partial charge is 0.497 e. The van der Waals surface area contributed by atoms with E-state index in [4.69, 9.17) is 20.9 Å². The molecule has 28 heavy (non-hydrogen) atoms. The molecule has 0 aliphatic rings. The number of aromatic nitrogens is 1. The van der Waals surface area contributed by atoms with Gasteiger partial charge in [-0.3, -0.25) is 4.79 Å². The van der Waals surface area contributed by atoms with E-state index in [1.54, 1.807) is 31.5 Å². The predicted octanol–water partition coefficient (Wildman–Crippen LogP) is 4.24. The molecule has 0 atom stereocenters. The maximum absolute atomic E-state index is 12.8. The molecule has 148 valence electrons. The highest BCUT2D eigenvalue weighted by Crippen LogP contribution is 2.30. The third-order valence-electron chi connectivity index (χ3n) is 4.09. The number of thiophene rings is 1. The van der Waals surface area contributed by atoms with Crippen LogP contribution in [-0.2, 0) is 16.4 Å². The number of aryl methyl sites for hydroxylation is 2. The van der Waals surface area contributed by atoms with Crippen molar-refractivity contribution in [3.05, 3.63) is 56.4 Å². The average Bonchev–Trinajstić information content (AvgIpc) is 3.26. The van der Waals surface area contributed by atoms with Gasteiger partial charge in [-0.05, 0) is 48.6 Å². The summed E-state index contributed by atoms with van der Waals surface area (Å²) in [7, 11) is -2.50. The molecule has 7 nitrogen and oxygen atoms in total. The smallest absolute Gasteiger partial charge is 0.265 e. The Kier molecular flexibility index (Phi) is 5.78. The highest BCUT2D eigenvalue weighted by atomic mass is 35.5. The van der Waals surface area contributed by atoms with Crippen molar-refractivity contribution >= 4 is 44.6 Å². The van der Waals surface area contributed by atoms with Gasteiger partial charge in [0.05, 0.1) is 12.0 Å². The monoisotopic (exact) mass is 440 g/mol. The Labute approximate surface area is 171 Å². The molecule has 0 fully saturated rings. The van der Waals surface area contributed by atoms with Crippen LogP contribution in [0, 0.1) is 13.8 Å². The number of hydrogen-bond acceptors (Lipinski definition) is 7. The van der Waals surface area contributed by atoms with Crippen molar-refractivity contribution in [2.24, 2.45) is 0 Å². The predicted molar refractivity (Wildman–Crippen MR) is 107 cm³/mol. The second-order valence-corrected chi connectivity index (χ2v) is 8.97. The molecular formula is C18H17ClN2O5S2. The number of hydrogen-bond donors (Lipinski definition) is 1. The highest BCUT2D eigenvalue weighted by Gasteiger charge is 2.27. The summed E-state index contributed by atoms with van der Waals surface area (Å²) in [5.74, 6) is 0.203. The van der Waals surface area contributed by atoms with E-state index in [-0.39, 0.29) is 32.9 Å². The molecule has 10 heteroatoms. The van der Waals surface area contributed by atoms with Crippen molar-refractivity contribution in [2.45, 2.75) is 25.2 Å². The summed E-state index contributed by atoms with van der Waals surface area (Å²) in [6.45, 7) is 3.45. The standard InChI is InChI=1S/C18H17ClN2O5S2/c1-10-8-13(25-3)5-4-12(10)9-14(22)17-15(6-7-27-17)28(23,24)21-18-16(19)11(2)20-26-18/h4-8,21H,9H2,1-3H3. The summed E-state index contributed by atoms with van der Waals surface area (Å²) < 4.78 is 37.8. The van der Waals surface area contributed by atoms with Crippen LogP contribution in [0.5, 0.6) is 5.75 Å². The van der Waals surface area contributed by atoms with E-state index in [0.717, 1.165) is 22.5 Å². The summed E-state index contributed by atoms with van der Waals surface area (Å²) in [5.41, 5.74) is 2.04. The molecule has 1 N–H and O–H groups in total. The number of halogens is 1. The van der Waals surface area contributed by atoms with Crippen LogP contribution in [0.1, 0.15) is 26.5 Å². The van der Waals surface area contributed by atoms with Gasteiger partial charge in [0.25, 0.3) is 15.9 Å². The van der Waals surface area contributed by atoms with Crippen molar-refractivity contribution in [2.75, 3.05) is 11.8 Å². The average molecular weight is 441 g/mol. The zero-order chi connectivity index (χ0) is 20.5. The third kappa shape index (κ3) is 4.06. The van der Waals surface area contributed by atoms with Gasteiger partial charge in [0.1, 0.15) is 21.4 Å². The second kappa shape index (κ2) is 7.94. The van der Waals surface area contributed by atoms with E-state index in [1.165, 1.54) is 6.07 Å². The topological polar surface area (TPSA) is 98.5 Å². The molecule has 0 aliphatic carbocycles. The van der Waals surface area contributed by atoms with Crippen LogP contribution < -0.4 is 9.46 Å². The number of carbonyl (C=O) groups is 1. The zero-order valence-electron chi connectivity index (χ0n) is 15.3. The number of ketones is 1. The number of benzene rings is 1.